The second-order valence-electron chi connectivity index (χ2n) is 13.7. The Kier molecular flexibility index (Phi) is 5.70. The predicted molar refractivity (Wildman–Crippen MR) is 212 cm³/mol. The summed E-state index contributed by atoms with van der Waals surface area (Å²) in [4.78, 5) is 15.2. The fraction of sp³-hybridized carbons (Fsp3) is 0.0625. The first-order valence-corrected chi connectivity index (χ1v) is 17.3. The third-order valence-corrected chi connectivity index (χ3v) is 10.3. The minimum absolute atomic E-state index is 0.128. The quantitative estimate of drug-likeness (QED) is 0.183. The van der Waals surface area contributed by atoms with Gasteiger partial charge in [-0.15, -0.1) is 0 Å². The van der Waals surface area contributed by atoms with E-state index in [4.69, 9.17) is 26.2 Å². The molecular weight excluding hydrogens is 635 g/mol. The molecule has 4 nitrogen and oxygen atoms in total. The van der Waals surface area contributed by atoms with Crippen molar-refractivity contribution in [3.8, 4) is 67.5 Å². The van der Waals surface area contributed by atoms with Crippen molar-refractivity contribution in [1.82, 2.24) is 15.0 Å². The molecule has 7 aromatic carbocycles. The highest BCUT2D eigenvalue weighted by Crippen LogP contribution is 2.49. The topological polar surface area (TPSA) is 51.8 Å². The maximum atomic E-state index is 8.66. The molecular formula is C48H33N3O. The van der Waals surface area contributed by atoms with Gasteiger partial charge in [0.05, 0.1) is 6.85 Å². The molecule has 0 radical (unpaired) electrons. The summed E-state index contributed by atoms with van der Waals surface area (Å²) >= 11 is 0. The molecule has 52 heavy (non-hydrogen) atoms. The van der Waals surface area contributed by atoms with Crippen LogP contribution in [0.2, 0.25) is 0 Å². The molecule has 0 N–H and O–H groups in total. The molecule has 0 amide bonds. The number of aromatic nitrogens is 3. The van der Waals surface area contributed by atoms with Crippen molar-refractivity contribution in [2.75, 3.05) is 0 Å². The zero-order valence-electron chi connectivity index (χ0n) is 33.5. The largest absolute Gasteiger partial charge is 0.456 e. The van der Waals surface area contributed by atoms with E-state index in [1.54, 1.807) is 12.1 Å². The second kappa shape index (κ2) is 11.7. The Labute approximate surface area is 309 Å². The van der Waals surface area contributed by atoms with Crippen LogP contribution < -0.4 is 0 Å². The summed E-state index contributed by atoms with van der Waals surface area (Å²) < 4.78 is 48.4. The lowest BCUT2D eigenvalue weighted by atomic mass is 9.82. The normalized spacial score (nSPS) is 14.3. The Balaban J connectivity index is 1.14. The van der Waals surface area contributed by atoms with E-state index < -0.39 is 6.04 Å². The van der Waals surface area contributed by atoms with Crippen LogP contribution in [0.5, 0.6) is 0 Å². The second-order valence-corrected chi connectivity index (χ2v) is 13.7. The third kappa shape index (κ3) is 4.87. The summed E-state index contributed by atoms with van der Waals surface area (Å²) in [6, 6.07) is 42.9. The Morgan fingerprint density at radius 1 is 0.462 bits per heavy atom. The number of rotatable bonds is 5. The highest BCUT2D eigenvalue weighted by atomic mass is 16.3. The third-order valence-electron chi connectivity index (χ3n) is 10.3. The molecule has 9 aromatic rings. The van der Waals surface area contributed by atoms with Crippen LogP contribution in [-0.2, 0) is 5.41 Å². The lowest BCUT2D eigenvalue weighted by molar-refractivity contribution is 0.660. The van der Waals surface area contributed by atoms with Gasteiger partial charge in [0.25, 0.3) is 0 Å². The maximum absolute atomic E-state index is 8.66. The molecule has 0 fully saturated rings. The highest BCUT2D eigenvalue weighted by molar-refractivity contribution is 6.13. The van der Waals surface area contributed by atoms with E-state index in [2.05, 4.69) is 80.6 Å². The van der Waals surface area contributed by atoms with E-state index in [0.29, 0.717) is 45.2 Å². The summed E-state index contributed by atoms with van der Waals surface area (Å²) in [6.07, 6.45) is 0. The van der Waals surface area contributed by atoms with Crippen LogP contribution in [0.15, 0.2) is 168 Å². The van der Waals surface area contributed by atoms with Crippen molar-refractivity contribution in [3.05, 3.63) is 175 Å². The lowest BCUT2D eigenvalue weighted by Crippen LogP contribution is -2.14. The summed E-state index contributed by atoms with van der Waals surface area (Å²) in [5.41, 5.74) is 11.2. The number of hydrogen-bond donors (Lipinski definition) is 0. The van der Waals surface area contributed by atoms with Gasteiger partial charge < -0.3 is 4.42 Å². The number of fused-ring (bicyclic) bond motifs is 6. The molecule has 0 saturated heterocycles. The van der Waals surface area contributed by atoms with E-state index >= 15 is 0 Å². The van der Waals surface area contributed by atoms with E-state index in [-0.39, 0.29) is 35.1 Å². The van der Waals surface area contributed by atoms with Crippen molar-refractivity contribution in [2.45, 2.75) is 19.3 Å². The molecule has 4 heteroatoms. The predicted octanol–water partition coefficient (Wildman–Crippen LogP) is 12.4. The van der Waals surface area contributed by atoms with Crippen molar-refractivity contribution in [3.63, 3.8) is 0 Å². The van der Waals surface area contributed by atoms with Gasteiger partial charge in [-0.05, 0) is 68.8 Å². The fourth-order valence-corrected chi connectivity index (χ4v) is 7.62. The fourth-order valence-electron chi connectivity index (χ4n) is 7.62. The minimum atomic E-state index is -0.431. The number of benzene rings is 7. The number of hydrogen-bond acceptors (Lipinski definition) is 4. The van der Waals surface area contributed by atoms with Crippen molar-refractivity contribution in [2.24, 2.45) is 0 Å². The first kappa shape index (κ1) is 25.3. The SMILES string of the molecule is [2H]c1c([2H])c([2H])c(-c2cccc3oc4cc(-c5nc(-c6ccc(-c7ccccc7)cc6)nc(-c6ccc7c(c6)-c6ccccc6C7(C)C)n5)ccc4c23)c([2H])c1[2H]. The minimum Gasteiger partial charge on any atom is -0.456 e. The zero-order chi connectivity index (χ0) is 39.2. The van der Waals surface area contributed by atoms with Gasteiger partial charge in [0, 0.05) is 32.9 Å². The van der Waals surface area contributed by atoms with Gasteiger partial charge >= 0.3 is 0 Å². The molecule has 10 rings (SSSR count). The molecule has 0 aliphatic heterocycles. The van der Waals surface area contributed by atoms with Crippen LogP contribution in [0.1, 0.15) is 31.8 Å². The molecule has 1 aliphatic carbocycles. The lowest BCUT2D eigenvalue weighted by Gasteiger charge is -2.21. The smallest absolute Gasteiger partial charge is 0.164 e. The van der Waals surface area contributed by atoms with Crippen molar-refractivity contribution >= 4 is 21.9 Å². The summed E-state index contributed by atoms with van der Waals surface area (Å²) in [7, 11) is 0. The monoisotopic (exact) mass is 672 g/mol. The van der Waals surface area contributed by atoms with Crippen LogP contribution in [0.4, 0.5) is 0 Å². The standard InChI is InChI=1S/C48H33N3O/c1-48(2)40-18-10-9-16-37(40)39-28-34(25-27-41(39)48)46-49-45(33-22-20-31(21-23-33)30-12-5-3-6-13-30)50-47(51-46)35-24-26-38-43(29-35)52-42-19-11-17-36(44(38)42)32-14-7-4-8-15-32/h3-29H,1-2H3/i4D,7D,8D,14D,15D. The zero-order valence-corrected chi connectivity index (χ0v) is 28.5. The Morgan fingerprint density at radius 3 is 1.85 bits per heavy atom. The number of nitrogens with zero attached hydrogens (tertiary/aromatic N) is 3. The first-order valence-electron chi connectivity index (χ1n) is 19.8. The van der Waals surface area contributed by atoms with E-state index in [1.807, 2.05) is 54.6 Å². The molecule has 0 saturated carbocycles. The molecule has 1 aliphatic rings. The Hall–Kier alpha value is -6.65. The molecule has 2 aromatic heterocycles. The molecule has 0 atom stereocenters. The highest BCUT2D eigenvalue weighted by Gasteiger charge is 2.35. The first-order chi connectivity index (χ1) is 27.6. The molecule has 246 valence electrons. The molecule has 0 spiro atoms. The van der Waals surface area contributed by atoms with E-state index in [0.717, 1.165) is 27.6 Å². The average Bonchev–Trinajstić information content (AvgIpc) is 3.74. The van der Waals surface area contributed by atoms with E-state index in [9.17, 15) is 0 Å². The van der Waals surface area contributed by atoms with Gasteiger partial charge in [0.15, 0.2) is 17.5 Å². The number of furan rings is 1. The molecule has 0 unspecified atom stereocenters. The Morgan fingerprint density at radius 2 is 1.06 bits per heavy atom. The van der Waals surface area contributed by atoms with Gasteiger partial charge in [0.1, 0.15) is 11.2 Å². The van der Waals surface area contributed by atoms with Crippen LogP contribution in [-0.4, -0.2) is 15.0 Å². The summed E-state index contributed by atoms with van der Waals surface area (Å²) in [6.45, 7) is 4.52. The molecule has 2 heterocycles. The van der Waals surface area contributed by atoms with Crippen LogP contribution >= 0.6 is 0 Å². The van der Waals surface area contributed by atoms with Gasteiger partial charge in [-0.3, -0.25) is 0 Å². The Bertz CT molecular complexity index is 3070. The van der Waals surface area contributed by atoms with Crippen LogP contribution in [0, 0.1) is 0 Å². The summed E-state index contributed by atoms with van der Waals surface area (Å²) in [5, 5.41) is 1.40. The van der Waals surface area contributed by atoms with Gasteiger partial charge in [-0.2, -0.15) is 0 Å². The summed E-state index contributed by atoms with van der Waals surface area (Å²) in [5.74, 6) is 1.54. The van der Waals surface area contributed by atoms with Gasteiger partial charge in [0.2, 0.25) is 0 Å². The van der Waals surface area contributed by atoms with Gasteiger partial charge in [-0.1, -0.05) is 153 Å². The maximum Gasteiger partial charge on any atom is 0.164 e. The van der Waals surface area contributed by atoms with Gasteiger partial charge in [-0.25, -0.2) is 15.0 Å². The molecule has 0 bridgehead atoms. The van der Waals surface area contributed by atoms with Crippen molar-refractivity contribution < 1.29 is 11.3 Å². The van der Waals surface area contributed by atoms with Crippen molar-refractivity contribution in [1.29, 1.82) is 0 Å². The average molecular weight is 673 g/mol. The van der Waals surface area contributed by atoms with Crippen LogP contribution in [0.25, 0.3) is 89.5 Å². The van der Waals surface area contributed by atoms with E-state index in [1.165, 1.54) is 22.3 Å². The van der Waals surface area contributed by atoms with Crippen LogP contribution in [0.3, 0.4) is 0 Å².